The molecular weight excluding hydrogens is 452 g/mol. The maximum Gasteiger partial charge on any atom is 0.353 e. The molecule has 10 heteroatoms. The van der Waals surface area contributed by atoms with Crippen LogP contribution < -0.4 is 9.75 Å². The van der Waals surface area contributed by atoms with Gasteiger partial charge in [0.1, 0.15) is 10.6 Å². The topological polar surface area (TPSA) is 113 Å². The number of carbonyl (C=O) groups excluding carboxylic acids is 2. The summed E-state index contributed by atoms with van der Waals surface area (Å²) in [5.41, 5.74) is 1.93. The van der Waals surface area contributed by atoms with Crippen LogP contribution in [-0.4, -0.2) is 30.6 Å². The highest BCUT2D eigenvalue weighted by atomic mass is 32.2. The van der Waals surface area contributed by atoms with Gasteiger partial charge in [-0.1, -0.05) is 18.2 Å². The molecule has 4 rings (SSSR count). The second kappa shape index (κ2) is 8.50. The Hall–Kier alpha value is -3.60. The largest absolute Gasteiger partial charge is 0.422 e. The van der Waals surface area contributed by atoms with Gasteiger partial charge < -0.3 is 4.74 Å². The molecule has 32 heavy (non-hydrogen) atoms. The summed E-state index contributed by atoms with van der Waals surface area (Å²) in [5, 5.41) is 7.20. The van der Waals surface area contributed by atoms with Crippen molar-refractivity contribution in [2.45, 2.75) is 11.8 Å². The summed E-state index contributed by atoms with van der Waals surface area (Å²) in [6, 6.07) is 15.3. The predicted octanol–water partition coefficient (Wildman–Crippen LogP) is 4.02. The summed E-state index contributed by atoms with van der Waals surface area (Å²) in [7, 11) is -4.32. The normalized spacial score (nSPS) is 15.2. The van der Waals surface area contributed by atoms with Crippen LogP contribution in [0.3, 0.4) is 0 Å². The molecule has 3 aromatic rings. The number of hydrazone groups is 1. The number of hydrogen-bond donors (Lipinski definition) is 1. The number of ether oxygens (including phenoxy) is 1. The molecule has 162 valence electrons. The van der Waals surface area contributed by atoms with Crippen molar-refractivity contribution in [3.8, 4) is 5.75 Å². The molecule has 1 aliphatic heterocycles. The van der Waals surface area contributed by atoms with Gasteiger partial charge in [0, 0.05) is 0 Å². The van der Waals surface area contributed by atoms with Gasteiger partial charge in [-0.05, 0) is 66.4 Å². The van der Waals surface area contributed by atoms with E-state index in [1.54, 1.807) is 54.8 Å². The number of anilines is 1. The maximum atomic E-state index is 12.9. The van der Waals surface area contributed by atoms with E-state index in [-0.39, 0.29) is 10.8 Å². The van der Waals surface area contributed by atoms with Crippen molar-refractivity contribution in [3.05, 3.63) is 82.1 Å². The van der Waals surface area contributed by atoms with E-state index in [0.29, 0.717) is 33.2 Å². The van der Waals surface area contributed by atoms with Crippen LogP contribution in [0.4, 0.5) is 5.69 Å². The van der Waals surface area contributed by atoms with Gasteiger partial charge in [0.2, 0.25) is 0 Å². The zero-order chi connectivity index (χ0) is 22.9. The fourth-order valence-electron chi connectivity index (χ4n) is 2.97. The highest BCUT2D eigenvalue weighted by Gasteiger charge is 2.29. The van der Waals surface area contributed by atoms with Crippen LogP contribution in [0.25, 0.3) is 6.08 Å². The fraction of sp³-hybridized carbons (Fsp3) is 0.0455. The Kier molecular flexibility index (Phi) is 5.74. The van der Waals surface area contributed by atoms with Gasteiger partial charge in [-0.2, -0.15) is 18.5 Å². The molecule has 0 unspecified atom stereocenters. The quantitative estimate of drug-likeness (QED) is 0.262. The Bertz CT molecular complexity index is 1340. The summed E-state index contributed by atoms with van der Waals surface area (Å²) < 4.78 is 36.8. The monoisotopic (exact) mass is 468 g/mol. The van der Waals surface area contributed by atoms with Gasteiger partial charge in [-0.25, -0.2) is 4.79 Å². The first-order valence-corrected chi connectivity index (χ1v) is 11.6. The number of hydrogen-bond acceptors (Lipinski definition) is 7. The number of thiophene rings is 1. The maximum absolute atomic E-state index is 12.9. The first-order valence-electron chi connectivity index (χ1n) is 9.27. The highest BCUT2D eigenvalue weighted by Crippen LogP contribution is 2.26. The molecular formula is C22H16N2O6S2. The second-order valence-corrected chi connectivity index (χ2v) is 9.13. The van der Waals surface area contributed by atoms with Crippen molar-refractivity contribution >= 4 is 50.8 Å². The summed E-state index contributed by atoms with van der Waals surface area (Å²) >= 11 is 1.29. The third-order valence-electron chi connectivity index (χ3n) is 4.57. The van der Waals surface area contributed by atoms with Crippen molar-refractivity contribution in [3.63, 3.8) is 0 Å². The lowest BCUT2D eigenvalue weighted by atomic mass is 10.1. The van der Waals surface area contributed by atoms with E-state index in [1.165, 1.54) is 35.6 Å². The first kappa shape index (κ1) is 21.6. The van der Waals surface area contributed by atoms with Crippen LogP contribution in [0.1, 0.15) is 22.2 Å². The van der Waals surface area contributed by atoms with Gasteiger partial charge >= 0.3 is 5.97 Å². The molecule has 1 aliphatic rings. The molecule has 0 atom stereocenters. The van der Waals surface area contributed by atoms with Crippen molar-refractivity contribution in [1.29, 1.82) is 0 Å². The second-order valence-electron chi connectivity index (χ2n) is 6.77. The summed E-state index contributed by atoms with van der Waals surface area (Å²) in [4.78, 5) is 25.1. The van der Waals surface area contributed by atoms with E-state index < -0.39 is 16.1 Å². The number of nitrogens with zero attached hydrogens (tertiary/aromatic N) is 2. The summed E-state index contributed by atoms with van der Waals surface area (Å²) in [5.74, 6) is -0.430. The van der Waals surface area contributed by atoms with Crippen LogP contribution in [0.2, 0.25) is 0 Å². The Labute approximate surface area is 187 Å². The minimum Gasteiger partial charge on any atom is -0.422 e. The molecule has 0 bridgehead atoms. The molecule has 8 nitrogen and oxygen atoms in total. The summed E-state index contributed by atoms with van der Waals surface area (Å²) in [6.45, 7) is 1.69. The molecule has 2 heterocycles. The first-order chi connectivity index (χ1) is 15.2. The van der Waals surface area contributed by atoms with E-state index >= 15 is 0 Å². The minimum atomic E-state index is -4.32. The van der Waals surface area contributed by atoms with Crippen molar-refractivity contribution < 1.29 is 27.3 Å². The van der Waals surface area contributed by atoms with E-state index in [0.717, 1.165) is 5.01 Å². The van der Waals surface area contributed by atoms with E-state index in [9.17, 15) is 18.0 Å². The zero-order valence-electron chi connectivity index (χ0n) is 16.6. The average Bonchev–Trinajstić information content (AvgIpc) is 3.39. The number of carbonyl (C=O) groups is 2. The average molecular weight is 469 g/mol. The number of rotatable bonds is 5. The Morgan fingerprint density at radius 3 is 2.38 bits per heavy atom. The molecule has 1 amide bonds. The number of esters is 1. The van der Waals surface area contributed by atoms with E-state index in [2.05, 4.69) is 5.10 Å². The Balaban J connectivity index is 1.50. The van der Waals surface area contributed by atoms with Gasteiger partial charge in [-0.15, -0.1) is 11.3 Å². The van der Waals surface area contributed by atoms with Gasteiger partial charge in [0.15, 0.2) is 0 Å². The third-order valence-corrected chi connectivity index (χ3v) is 6.28. The molecule has 0 spiro atoms. The lowest BCUT2D eigenvalue weighted by molar-refractivity contribution is -0.114. The van der Waals surface area contributed by atoms with Crippen molar-refractivity contribution in [2.24, 2.45) is 5.10 Å². The van der Waals surface area contributed by atoms with Crippen molar-refractivity contribution in [1.82, 2.24) is 0 Å². The molecule has 0 saturated carbocycles. The Morgan fingerprint density at radius 1 is 1.09 bits per heavy atom. The number of benzene rings is 2. The third kappa shape index (κ3) is 4.52. The lowest BCUT2D eigenvalue weighted by Gasteiger charge is -2.12. The fourth-order valence-corrected chi connectivity index (χ4v) is 4.05. The molecule has 0 aliphatic carbocycles. The van der Waals surface area contributed by atoms with Crippen LogP contribution in [0, 0.1) is 0 Å². The highest BCUT2D eigenvalue weighted by molar-refractivity contribution is 7.85. The zero-order valence-corrected chi connectivity index (χ0v) is 18.3. The predicted molar refractivity (Wildman–Crippen MR) is 121 cm³/mol. The molecule has 2 aromatic carbocycles. The Morgan fingerprint density at radius 2 is 1.78 bits per heavy atom. The SMILES string of the molecule is CC1=NN(c2ccc(S(=O)(=O)O)cc2)C(=O)C1=Cc1ccc(OC(=O)c2cccs2)cc1. The molecule has 0 saturated heterocycles. The molecule has 0 fully saturated rings. The van der Waals surface area contributed by atoms with Crippen molar-refractivity contribution in [2.75, 3.05) is 5.01 Å². The van der Waals surface area contributed by atoms with Crippen LogP contribution >= 0.6 is 11.3 Å². The van der Waals surface area contributed by atoms with Gasteiger partial charge in [-0.3, -0.25) is 9.35 Å². The molecule has 1 N–H and O–H groups in total. The molecule has 0 radical (unpaired) electrons. The van der Waals surface area contributed by atoms with Gasteiger partial charge in [0.05, 0.1) is 21.9 Å². The lowest BCUT2D eigenvalue weighted by Crippen LogP contribution is -2.21. The number of amides is 1. The summed E-state index contributed by atoms with van der Waals surface area (Å²) in [6.07, 6.45) is 1.67. The van der Waals surface area contributed by atoms with Gasteiger partial charge in [0.25, 0.3) is 16.0 Å². The van der Waals surface area contributed by atoms with Crippen LogP contribution in [0.15, 0.2) is 81.6 Å². The minimum absolute atomic E-state index is 0.274. The van der Waals surface area contributed by atoms with Crippen LogP contribution in [0.5, 0.6) is 5.75 Å². The smallest absolute Gasteiger partial charge is 0.353 e. The van der Waals surface area contributed by atoms with E-state index in [4.69, 9.17) is 9.29 Å². The van der Waals surface area contributed by atoms with E-state index in [1.807, 2.05) is 0 Å². The molecule has 1 aromatic heterocycles. The standard InChI is InChI=1S/C22H16N2O6S2/c1-14-19(21(25)24(23-14)16-6-10-18(11-7-16)32(27,28)29)13-15-4-8-17(9-5-15)30-22(26)20-3-2-12-31-20/h2-13H,1H3,(H,27,28,29). The van der Waals surface area contributed by atoms with Crippen LogP contribution in [-0.2, 0) is 14.9 Å².